The molecular formula is C13H25N3O4. The molecule has 0 bridgehead atoms. The summed E-state index contributed by atoms with van der Waals surface area (Å²) in [4.78, 5) is 24.1. The van der Waals surface area contributed by atoms with Gasteiger partial charge >= 0.3 is 12.0 Å². The van der Waals surface area contributed by atoms with Gasteiger partial charge < -0.3 is 20.5 Å². The number of amides is 2. The van der Waals surface area contributed by atoms with E-state index in [0.717, 1.165) is 19.6 Å². The summed E-state index contributed by atoms with van der Waals surface area (Å²) in [6.45, 7) is 6.59. The maximum Gasteiger partial charge on any atom is 0.314 e. The van der Waals surface area contributed by atoms with E-state index < -0.39 is 5.97 Å². The number of hydrogen-bond acceptors (Lipinski definition) is 4. The molecule has 1 aliphatic rings. The van der Waals surface area contributed by atoms with Crippen LogP contribution in [0.4, 0.5) is 4.79 Å². The van der Waals surface area contributed by atoms with Crippen LogP contribution in [0.3, 0.4) is 0 Å². The summed E-state index contributed by atoms with van der Waals surface area (Å²) in [6.07, 6.45) is 1.43. The molecule has 1 saturated heterocycles. The molecule has 1 unspecified atom stereocenters. The molecule has 1 aliphatic heterocycles. The van der Waals surface area contributed by atoms with Gasteiger partial charge in [-0.3, -0.25) is 9.69 Å². The van der Waals surface area contributed by atoms with Crippen molar-refractivity contribution in [2.75, 3.05) is 39.3 Å². The normalized spacial score (nSPS) is 19.6. The van der Waals surface area contributed by atoms with Crippen LogP contribution in [0.25, 0.3) is 0 Å². The Kier molecular flexibility index (Phi) is 7.98. The molecule has 3 N–H and O–H groups in total. The largest absolute Gasteiger partial charge is 0.481 e. The average Bonchev–Trinajstić information content (AvgIpc) is 2.44. The number of carboxylic acids is 1. The maximum atomic E-state index is 11.5. The van der Waals surface area contributed by atoms with Crippen molar-refractivity contribution in [2.24, 2.45) is 0 Å². The lowest BCUT2D eigenvalue weighted by molar-refractivity contribution is -0.137. The number of nitrogens with zero attached hydrogens (tertiary/aromatic N) is 1. The molecule has 0 spiro atoms. The zero-order chi connectivity index (χ0) is 14.8. The van der Waals surface area contributed by atoms with E-state index >= 15 is 0 Å². The molecule has 1 fully saturated rings. The highest BCUT2D eigenvalue weighted by atomic mass is 16.5. The highest BCUT2D eigenvalue weighted by Gasteiger charge is 2.19. The number of aliphatic carboxylic acids is 1. The van der Waals surface area contributed by atoms with E-state index in [2.05, 4.69) is 22.5 Å². The maximum absolute atomic E-state index is 11.5. The Morgan fingerprint density at radius 3 is 2.85 bits per heavy atom. The Labute approximate surface area is 119 Å². The van der Waals surface area contributed by atoms with E-state index in [1.54, 1.807) is 0 Å². The summed E-state index contributed by atoms with van der Waals surface area (Å²) < 4.78 is 5.58. The number of likely N-dealkylation sites (N-methyl/N-ethyl adjacent to an activating group) is 1. The fraction of sp³-hybridized carbons (Fsp3) is 0.846. The summed E-state index contributed by atoms with van der Waals surface area (Å²) in [6, 6.07) is -0.224. The van der Waals surface area contributed by atoms with Crippen molar-refractivity contribution in [3.63, 3.8) is 0 Å². The van der Waals surface area contributed by atoms with Gasteiger partial charge in [0.25, 0.3) is 0 Å². The Hall–Kier alpha value is -1.34. The molecule has 7 nitrogen and oxygen atoms in total. The highest BCUT2D eigenvalue weighted by Crippen LogP contribution is 2.03. The second-order valence-electron chi connectivity index (χ2n) is 4.87. The smallest absolute Gasteiger partial charge is 0.314 e. The molecule has 1 heterocycles. The predicted octanol–water partition coefficient (Wildman–Crippen LogP) is 0.261. The van der Waals surface area contributed by atoms with E-state index in [4.69, 9.17) is 9.84 Å². The molecule has 7 heteroatoms. The molecule has 1 atom stereocenters. The van der Waals surface area contributed by atoms with Crippen molar-refractivity contribution in [3.05, 3.63) is 0 Å². The molecule has 116 valence electrons. The van der Waals surface area contributed by atoms with Gasteiger partial charge in [0.15, 0.2) is 0 Å². The number of carboxylic acid groups (broad SMARTS) is 1. The summed E-state index contributed by atoms with van der Waals surface area (Å²) in [5.41, 5.74) is 0. The molecule has 20 heavy (non-hydrogen) atoms. The van der Waals surface area contributed by atoms with Crippen LogP contribution >= 0.6 is 0 Å². The van der Waals surface area contributed by atoms with E-state index in [-0.39, 0.29) is 18.6 Å². The number of carbonyl (C=O) groups is 2. The van der Waals surface area contributed by atoms with Crippen LogP contribution in [0, 0.1) is 0 Å². The lowest BCUT2D eigenvalue weighted by atomic mass is 10.2. The number of urea groups is 1. The number of rotatable bonds is 8. The van der Waals surface area contributed by atoms with Crippen LogP contribution < -0.4 is 10.6 Å². The summed E-state index contributed by atoms with van der Waals surface area (Å²) in [5.74, 6) is -0.802. The first-order valence-corrected chi connectivity index (χ1v) is 7.19. The monoisotopic (exact) mass is 287 g/mol. The Morgan fingerprint density at radius 1 is 1.35 bits per heavy atom. The molecule has 0 aromatic heterocycles. The first kappa shape index (κ1) is 16.7. The standard InChI is InChI=1S/C13H25N3O4/c1-2-16-7-8-20-11(10-16)9-15-13(19)14-6-4-3-5-12(17)18/h11H,2-10H2,1H3,(H,17,18)(H2,14,15,19). The summed E-state index contributed by atoms with van der Waals surface area (Å²) in [7, 11) is 0. The minimum Gasteiger partial charge on any atom is -0.481 e. The lowest BCUT2D eigenvalue weighted by Gasteiger charge is -2.32. The van der Waals surface area contributed by atoms with Crippen LogP contribution in [-0.4, -0.2) is 67.4 Å². The van der Waals surface area contributed by atoms with Crippen molar-refractivity contribution >= 4 is 12.0 Å². The Morgan fingerprint density at radius 2 is 2.15 bits per heavy atom. The second-order valence-corrected chi connectivity index (χ2v) is 4.87. The first-order valence-electron chi connectivity index (χ1n) is 7.19. The zero-order valence-electron chi connectivity index (χ0n) is 12.1. The van der Waals surface area contributed by atoms with Crippen LogP contribution in [0.1, 0.15) is 26.2 Å². The van der Waals surface area contributed by atoms with Gasteiger partial charge in [-0.15, -0.1) is 0 Å². The van der Waals surface area contributed by atoms with E-state index in [0.29, 0.717) is 32.5 Å². The van der Waals surface area contributed by atoms with Crippen molar-refractivity contribution in [2.45, 2.75) is 32.3 Å². The minimum atomic E-state index is -0.802. The van der Waals surface area contributed by atoms with Crippen molar-refractivity contribution < 1.29 is 19.4 Å². The first-order chi connectivity index (χ1) is 9.61. The van der Waals surface area contributed by atoms with Crippen LogP contribution in [-0.2, 0) is 9.53 Å². The molecular weight excluding hydrogens is 262 g/mol. The van der Waals surface area contributed by atoms with Gasteiger partial charge in [0.05, 0.1) is 12.7 Å². The van der Waals surface area contributed by atoms with Gasteiger partial charge in [-0.1, -0.05) is 6.92 Å². The van der Waals surface area contributed by atoms with Gasteiger partial charge in [-0.05, 0) is 19.4 Å². The van der Waals surface area contributed by atoms with Crippen LogP contribution in [0.5, 0.6) is 0 Å². The third kappa shape index (κ3) is 7.30. The third-order valence-electron chi connectivity index (χ3n) is 3.26. The Bertz CT molecular complexity index is 312. The van der Waals surface area contributed by atoms with Crippen molar-refractivity contribution in [1.29, 1.82) is 0 Å². The SMILES string of the molecule is CCN1CCOC(CNC(=O)NCCCCC(=O)O)C1. The molecule has 2 amide bonds. The fourth-order valence-corrected chi connectivity index (χ4v) is 2.06. The zero-order valence-corrected chi connectivity index (χ0v) is 12.1. The van der Waals surface area contributed by atoms with Crippen molar-refractivity contribution in [1.82, 2.24) is 15.5 Å². The van der Waals surface area contributed by atoms with E-state index in [1.807, 2.05) is 0 Å². The van der Waals surface area contributed by atoms with Crippen molar-refractivity contribution in [3.8, 4) is 0 Å². The summed E-state index contributed by atoms with van der Waals surface area (Å²) in [5, 5.41) is 14.0. The molecule has 1 rings (SSSR count). The van der Waals surface area contributed by atoms with Gasteiger partial charge in [-0.2, -0.15) is 0 Å². The molecule has 0 aromatic carbocycles. The number of unbranched alkanes of at least 4 members (excludes halogenated alkanes) is 1. The topological polar surface area (TPSA) is 90.9 Å². The second kappa shape index (κ2) is 9.55. The number of ether oxygens (including phenoxy) is 1. The fourth-order valence-electron chi connectivity index (χ4n) is 2.06. The number of morpholine rings is 1. The average molecular weight is 287 g/mol. The quantitative estimate of drug-likeness (QED) is 0.557. The number of hydrogen-bond donors (Lipinski definition) is 3. The third-order valence-corrected chi connectivity index (χ3v) is 3.26. The number of carbonyl (C=O) groups excluding carboxylic acids is 1. The summed E-state index contributed by atoms with van der Waals surface area (Å²) >= 11 is 0. The van der Waals surface area contributed by atoms with Gasteiger partial charge in [0, 0.05) is 32.6 Å². The molecule has 0 saturated carbocycles. The van der Waals surface area contributed by atoms with Gasteiger partial charge in [0.1, 0.15) is 0 Å². The molecule has 0 aromatic rings. The molecule has 0 aliphatic carbocycles. The lowest BCUT2D eigenvalue weighted by Crippen LogP contribution is -2.49. The highest BCUT2D eigenvalue weighted by molar-refractivity contribution is 5.73. The Balaban J connectivity index is 2.03. The van der Waals surface area contributed by atoms with Gasteiger partial charge in [-0.25, -0.2) is 4.79 Å². The van der Waals surface area contributed by atoms with Crippen LogP contribution in [0.2, 0.25) is 0 Å². The van der Waals surface area contributed by atoms with Crippen LogP contribution in [0.15, 0.2) is 0 Å². The minimum absolute atomic E-state index is 0.0430. The van der Waals surface area contributed by atoms with Gasteiger partial charge in [0.2, 0.25) is 0 Å². The number of nitrogens with one attached hydrogen (secondary N) is 2. The molecule has 0 radical (unpaired) electrons. The predicted molar refractivity (Wildman–Crippen MR) is 74.7 cm³/mol. The van der Waals surface area contributed by atoms with E-state index in [9.17, 15) is 9.59 Å². The van der Waals surface area contributed by atoms with E-state index in [1.165, 1.54) is 0 Å².